The van der Waals surface area contributed by atoms with Crippen molar-refractivity contribution in [3.8, 4) is 0 Å². The van der Waals surface area contributed by atoms with Crippen LogP contribution in [0.3, 0.4) is 0 Å². The summed E-state index contributed by atoms with van der Waals surface area (Å²) in [6.07, 6.45) is 0.400. The van der Waals surface area contributed by atoms with Crippen LogP contribution < -0.4 is 10.6 Å². The number of carbonyl (C=O) groups is 2. The Kier molecular flexibility index (Phi) is 4.52. The van der Waals surface area contributed by atoms with Crippen LogP contribution in [0.25, 0.3) is 10.9 Å². The number of amides is 2. The molecule has 1 heterocycles. The third-order valence-corrected chi connectivity index (χ3v) is 3.56. The zero-order valence-corrected chi connectivity index (χ0v) is 13.2. The van der Waals surface area contributed by atoms with Crippen LogP contribution >= 0.6 is 0 Å². The molecule has 2 amide bonds. The van der Waals surface area contributed by atoms with Crippen molar-refractivity contribution >= 4 is 34.1 Å². The number of hydrogen-bond donors (Lipinski definition) is 2. The number of hydrogen-bond acceptors (Lipinski definition) is 3. The molecule has 2 N–H and O–H groups in total. The van der Waals surface area contributed by atoms with E-state index in [0.29, 0.717) is 23.5 Å². The van der Waals surface area contributed by atoms with Crippen LogP contribution in [0, 0.1) is 0 Å². The topological polar surface area (TPSA) is 71.1 Å². The molecule has 3 aromatic rings. The number of pyridine rings is 1. The molecule has 0 spiro atoms. The summed E-state index contributed by atoms with van der Waals surface area (Å²) in [6, 6.07) is 18.2. The number of benzene rings is 2. The van der Waals surface area contributed by atoms with E-state index in [1.165, 1.54) is 0 Å². The first-order valence-electron chi connectivity index (χ1n) is 7.73. The van der Waals surface area contributed by atoms with Crippen molar-refractivity contribution in [1.29, 1.82) is 0 Å². The summed E-state index contributed by atoms with van der Waals surface area (Å²) in [5, 5.41) is 6.55. The van der Waals surface area contributed by atoms with Crippen LogP contribution in [-0.4, -0.2) is 16.8 Å². The van der Waals surface area contributed by atoms with E-state index in [4.69, 9.17) is 0 Å². The van der Waals surface area contributed by atoms with Gasteiger partial charge >= 0.3 is 0 Å². The summed E-state index contributed by atoms with van der Waals surface area (Å²) >= 11 is 0. The molecular weight excluding hydrogens is 302 g/mol. The lowest BCUT2D eigenvalue weighted by molar-refractivity contribution is -0.115. The molecule has 0 bridgehead atoms. The summed E-state index contributed by atoms with van der Waals surface area (Å²) in [7, 11) is 0. The van der Waals surface area contributed by atoms with E-state index < -0.39 is 0 Å². The molecule has 2 aromatic carbocycles. The second kappa shape index (κ2) is 6.91. The lowest BCUT2D eigenvalue weighted by atomic mass is 10.2. The van der Waals surface area contributed by atoms with Gasteiger partial charge in [-0.05, 0) is 30.3 Å². The van der Waals surface area contributed by atoms with Crippen LogP contribution in [0.1, 0.15) is 23.8 Å². The molecule has 0 saturated carbocycles. The molecule has 0 aliphatic rings. The predicted molar refractivity (Wildman–Crippen MR) is 95.1 cm³/mol. The van der Waals surface area contributed by atoms with E-state index in [-0.39, 0.29) is 11.8 Å². The molecule has 5 heteroatoms. The molecule has 0 aliphatic carbocycles. The van der Waals surface area contributed by atoms with Gasteiger partial charge in [-0.15, -0.1) is 0 Å². The Hall–Kier alpha value is -3.21. The number of rotatable bonds is 4. The quantitative estimate of drug-likeness (QED) is 0.767. The minimum Gasteiger partial charge on any atom is -0.326 e. The van der Waals surface area contributed by atoms with Crippen LogP contribution in [-0.2, 0) is 4.79 Å². The first-order chi connectivity index (χ1) is 11.7. The maximum absolute atomic E-state index is 12.4. The average Bonchev–Trinajstić information content (AvgIpc) is 2.61. The van der Waals surface area contributed by atoms with E-state index in [1.807, 2.05) is 30.3 Å². The van der Waals surface area contributed by atoms with Gasteiger partial charge in [0, 0.05) is 23.2 Å². The third-order valence-electron chi connectivity index (χ3n) is 3.56. The van der Waals surface area contributed by atoms with Crippen molar-refractivity contribution in [1.82, 2.24) is 4.98 Å². The SMILES string of the molecule is CCC(=O)Nc1cccc(NC(=O)c2ccc3ccccc3n2)c1. The first kappa shape index (κ1) is 15.7. The maximum atomic E-state index is 12.4. The fraction of sp³-hybridized carbons (Fsp3) is 0.105. The van der Waals surface area contributed by atoms with Gasteiger partial charge in [0.25, 0.3) is 5.91 Å². The summed E-state index contributed by atoms with van der Waals surface area (Å²) in [4.78, 5) is 28.2. The highest BCUT2D eigenvalue weighted by Crippen LogP contribution is 2.17. The van der Waals surface area contributed by atoms with Crippen LogP contribution in [0.4, 0.5) is 11.4 Å². The van der Waals surface area contributed by atoms with Crippen LogP contribution in [0.15, 0.2) is 60.7 Å². The third kappa shape index (κ3) is 3.57. The number of nitrogens with zero attached hydrogens (tertiary/aromatic N) is 1. The van der Waals surface area contributed by atoms with Crippen molar-refractivity contribution in [2.75, 3.05) is 10.6 Å². The molecule has 0 unspecified atom stereocenters. The maximum Gasteiger partial charge on any atom is 0.274 e. The van der Waals surface area contributed by atoms with Gasteiger partial charge in [0.05, 0.1) is 5.52 Å². The van der Waals surface area contributed by atoms with Crippen molar-refractivity contribution in [2.45, 2.75) is 13.3 Å². The van der Waals surface area contributed by atoms with Crippen LogP contribution in [0.2, 0.25) is 0 Å². The van der Waals surface area contributed by atoms with Gasteiger partial charge < -0.3 is 10.6 Å². The molecule has 0 saturated heterocycles. The van der Waals surface area contributed by atoms with Crippen molar-refractivity contribution in [2.24, 2.45) is 0 Å². The Labute approximate surface area is 139 Å². The molecule has 5 nitrogen and oxygen atoms in total. The molecule has 0 aliphatic heterocycles. The largest absolute Gasteiger partial charge is 0.326 e. The highest BCUT2D eigenvalue weighted by molar-refractivity contribution is 6.04. The van der Waals surface area contributed by atoms with E-state index in [9.17, 15) is 9.59 Å². The lowest BCUT2D eigenvalue weighted by Crippen LogP contribution is -2.14. The molecule has 3 rings (SSSR count). The number of nitrogens with one attached hydrogen (secondary N) is 2. The normalized spacial score (nSPS) is 10.4. The zero-order valence-electron chi connectivity index (χ0n) is 13.2. The smallest absolute Gasteiger partial charge is 0.274 e. The lowest BCUT2D eigenvalue weighted by Gasteiger charge is -2.08. The number of anilines is 2. The summed E-state index contributed by atoms with van der Waals surface area (Å²) in [5.74, 6) is -0.366. The van der Waals surface area contributed by atoms with E-state index in [0.717, 1.165) is 10.9 Å². The second-order valence-electron chi connectivity index (χ2n) is 5.33. The minimum atomic E-state index is -0.292. The summed E-state index contributed by atoms with van der Waals surface area (Å²) in [6.45, 7) is 1.78. The van der Waals surface area contributed by atoms with Gasteiger partial charge in [-0.1, -0.05) is 37.3 Å². The number of para-hydroxylation sites is 1. The van der Waals surface area contributed by atoms with Crippen LogP contribution in [0.5, 0.6) is 0 Å². The molecule has 1 aromatic heterocycles. The average molecular weight is 319 g/mol. The fourth-order valence-corrected chi connectivity index (χ4v) is 2.31. The fourth-order valence-electron chi connectivity index (χ4n) is 2.31. The Bertz CT molecular complexity index is 906. The Morgan fingerprint density at radius 3 is 2.46 bits per heavy atom. The van der Waals surface area contributed by atoms with Gasteiger partial charge in [0.1, 0.15) is 5.69 Å². The molecule has 120 valence electrons. The monoisotopic (exact) mass is 319 g/mol. The van der Waals surface area contributed by atoms with Gasteiger partial charge in [-0.25, -0.2) is 4.98 Å². The number of fused-ring (bicyclic) bond motifs is 1. The Morgan fingerprint density at radius 1 is 0.917 bits per heavy atom. The van der Waals surface area contributed by atoms with Gasteiger partial charge in [0.2, 0.25) is 5.91 Å². The molecule has 0 fully saturated rings. The van der Waals surface area contributed by atoms with Crippen molar-refractivity contribution < 1.29 is 9.59 Å². The standard InChI is InChI=1S/C19H17N3O2/c1-2-18(23)20-14-7-5-8-15(12-14)21-19(24)17-11-10-13-6-3-4-9-16(13)22-17/h3-12H,2H2,1H3,(H,20,23)(H,21,24). The van der Waals surface area contributed by atoms with Crippen molar-refractivity contribution in [3.63, 3.8) is 0 Å². The second-order valence-corrected chi connectivity index (χ2v) is 5.33. The molecule has 0 radical (unpaired) electrons. The Balaban J connectivity index is 1.78. The molecule has 24 heavy (non-hydrogen) atoms. The summed E-state index contributed by atoms with van der Waals surface area (Å²) < 4.78 is 0. The van der Waals surface area contributed by atoms with E-state index in [2.05, 4.69) is 15.6 Å². The van der Waals surface area contributed by atoms with Crippen molar-refractivity contribution in [3.05, 3.63) is 66.4 Å². The number of carbonyl (C=O) groups excluding carboxylic acids is 2. The van der Waals surface area contributed by atoms with Gasteiger partial charge in [0.15, 0.2) is 0 Å². The van der Waals surface area contributed by atoms with Gasteiger partial charge in [-0.3, -0.25) is 9.59 Å². The van der Waals surface area contributed by atoms with E-state index >= 15 is 0 Å². The Morgan fingerprint density at radius 2 is 1.67 bits per heavy atom. The zero-order chi connectivity index (χ0) is 16.9. The predicted octanol–water partition coefficient (Wildman–Crippen LogP) is 3.84. The first-order valence-corrected chi connectivity index (χ1v) is 7.73. The van der Waals surface area contributed by atoms with E-state index in [1.54, 1.807) is 37.3 Å². The number of aromatic nitrogens is 1. The highest BCUT2D eigenvalue weighted by Gasteiger charge is 2.09. The highest BCUT2D eigenvalue weighted by atomic mass is 16.2. The summed E-state index contributed by atoms with van der Waals surface area (Å²) in [5.41, 5.74) is 2.36. The molecule has 0 atom stereocenters. The van der Waals surface area contributed by atoms with Gasteiger partial charge in [-0.2, -0.15) is 0 Å². The molecular formula is C19H17N3O2. The minimum absolute atomic E-state index is 0.0744.